The van der Waals surface area contributed by atoms with Gasteiger partial charge in [-0.05, 0) is 18.1 Å². The van der Waals surface area contributed by atoms with Crippen LogP contribution < -0.4 is 16.0 Å². The zero-order chi connectivity index (χ0) is 17.4. The molecule has 0 saturated carbocycles. The van der Waals surface area contributed by atoms with E-state index in [-0.39, 0.29) is 6.04 Å². The topological polar surface area (TPSA) is 84.4 Å². The fraction of sp³-hybridized carbons (Fsp3) is 0.389. The molecule has 3 N–H and O–H groups in total. The van der Waals surface area contributed by atoms with Gasteiger partial charge in [0.1, 0.15) is 5.82 Å². The molecule has 7 heteroatoms. The number of nitrogens with one attached hydrogen (secondary N) is 1. The number of hydrogen-bond donors (Lipinski definition) is 2. The summed E-state index contributed by atoms with van der Waals surface area (Å²) in [6.45, 7) is 6.83. The van der Waals surface area contributed by atoms with Crippen molar-refractivity contribution in [3.8, 4) is 0 Å². The molecule has 1 atom stereocenters. The molecule has 0 spiro atoms. The molecule has 0 amide bonds. The predicted molar refractivity (Wildman–Crippen MR) is 98.7 cm³/mol. The Kier molecular flexibility index (Phi) is 4.01. The van der Waals surface area contributed by atoms with Gasteiger partial charge in [-0.15, -0.1) is 0 Å². The highest BCUT2D eigenvalue weighted by Gasteiger charge is 2.25. The molecule has 3 aromatic rings. The second-order valence-electron chi connectivity index (χ2n) is 6.75. The first-order valence-electron chi connectivity index (χ1n) is 8.67. The van der Waals surface area contributed by atoms with Crippen molar-refractivity contribution >= 4 is 17.3 Å². The van der Waals surface area contributed by atoms with Crippen LogP contribution in [0.25, 0.3) is 5.52 Å². The smallest absolute Gasteiger partial charge is 0.222 e. The van der Waals surface area contributed by atoms with E-state index in [4.69, 9.17) is 5.73 Å². The molecule has 4 heterocycles. The lowest BCUT2D eigenvalue weighted by atomic mass is 10.1. The van der Waals surface area contributed by atoms with Crippen molar-refractivity contribution in [1.29, 1.82) is 0 Å². The molecular weight excluding hydrogens is 314 g/mol. The minimum atomic E-state index is 0.201. The Morgan fingerprint density at radius 1 is 1.28 bits per heavy atom. The lowest BCUT2D eigenvalue weighted by Crippen LogP contribution is -2.46. The molecule has 1 unspecified atom stereocenters. The SMILES string of the molecule is CC(C)c1cc(N2CCNC(c3cnn4ccccc34)C2)nc(N)n1. The number of rotatable bonds is 3. The number of anilines is 2. The fourth-order valence-corrected chi connectivity index (χ4v) is 3.32. The largest absolute Gasteiger partial charge is 0.368 e. The van der Waals surface area contributed by atoms with Crippen molar-refractivity contribution in [1.82, 2.24) is 24.9 Å². The van der Waals surface area contributed by atoms with E-state index in [1.54, 1.807) is 0 Å². The van der Waals surface area contributed by atoms with Crippen LogP contribution in [-0.2, 0) is 0 Å². The molecule has 130 valence electrons. The minimum absolute atomic E-state index is 0.201. The summed E-state index contributed by atoms with van der Waals surface area (Å²) in [6, 6.07) is 8.39. The van der Waals surface area contributed by atoms with Gasteiger partial charge in [0, 0.05) is 37.5 Å². The molecule has 1 aliphatic heterocycles. The summed E-state index contributed by atoms with van der Waals surface area (Å²) in [6.07, 6.45) is 3.92. The Hall–Kier alpha value is -2.67. The maximum absolute atomic E-state index is 5.93. The molecule has 1 saturated heterocycles. The van der Waals surface area contributed by atoms with Crippen molar-refractivity contribution < 1.29 is 0 Å². The zero-order valence-corrected chi connectivity index (χ0v) is 14.6. The molecule has 0 aromatic carbocycles. The van der Waals surface area contributed by atoms with E-state index in [9.17, 15) is 0 Å². The monoisotopic (exact) mass is 337 g/mol. The number of fused-ring (bicyclic) bond motifs is 1. The fourth-order valence-electron chi connectivity index (χ4n) is 3.32. The van der Waals surface area contributed by atoms with Gasteiger partial charge in [-0.2, -0.15) is 10.1 Å². The molecular formula is C18H23N7. The number of nitrogens with two attached hydrogens (primary N) is 1. The summed E-state index contributed by atoms with van der Waals surface area (Å²) < 4.78 is 1.91. The van der Waals surface area contributed by atoms with Gasteiger partial charge in [0.2, 0.25) is 5.95 Å². The Morgan fingerprint density at radius 2 is 2.16 bits per heavy atom. The number of pyridine rings is 1. The quantitative estimate of drug-likeness (QED) is 0.760. The Labute approximate surface area is 146 Å². The van der Waals surface area contributed by atoms with Gasteiger partial charge in [-0.3, -0.25) is 0 Å². The maximum Gasteiger partial charge on any atom is 0.222 e. The number of nitrogen functional groups attached to an aromatic ring is 1. The standard InChI is InChI=1S/C18H23N7/c1-12(2)14-9-17(23-18(19)22-14)24-8-6-20-15(11-24)13-10-21-25-7-4-3-5-16(13)25/h3-5,7,9-10,12,15,20H,6,8,11H2,1-2H3,(H2,19,22,23). The second-order valence-corrected chi connectivity index (χ2v) is 6.75. The number of aromatic nitrogens is 4. The molecule has 1 fully saturated rings. The van der Waals surface area contributed by atoms with Crippen LogP contribution in [0.5, 0.6) is 0 Å². The van der Waals surface area contributed by atoms with E-state index < -0.39 is 0 Å². The van der Waals surface area contributed by atoms with E-state index in [2.05, 4.69) is 51.3 Å². The van der Waals surface area contributed by atoms with E-state index in [1.165, 1.54) is 5.56 Å². The van der Waals surface area contributed by atoms with Crippen molar-refractivity contribution in [3.05, 3.63) is 47.9 Å². The van der Waals surface area contributed by atoms with Crippen LogP contribution in [0.3, 0.4) is 0 Å². The van der Waals surface area contributed by atoms with Crippen LogP contribution in [-0.4, -0.2) is 39.2 Å². The van der Waals surface area contributed by atoms with Crippen LogP contribution in [0.4, 0.5) is 11.8 Å². The maximum atomic E-state index is 5.93. The van der Waals surface area contributed by atoms with E-state index in [0.29, 0.717) is 11.9 Å². The average Bonchev–Trinajstić information content (AvgIpc) is 3.05. The van der Waals surface area contributed by atoms with Crippen molar-refractivity contribution in [2.75, 3.05) is 30.3 Å². The normalized spacial score (nSPS) is 18.2. The Morgan fingerprint density at radius 3 is 3.00 bits per heavy atom. The third-order valence-electron chi connectivity index (χ3n) is 4.67. The summed E-state index contributed by atoms with van der Waals surface area (Å²) in [5, 5.41) is 8.05. The average molecular weight is 337 g/mol. The van der Waals surface area contributed by atoms with Gasteiger partial charge >= 0.3 is 0 Å². The highest BCUT2D eigenvalue weighted by molar-refractivity contribution is 5.56. The molecule has 4 rings (SSSR count). The van der Waals surface area contributed by atoms with Gasteiger partial charge in [0.25, 0.3) is 0 Å². The van der Waals surface area contributed by atoms with Crippen LogP contribution in [0.1, 0.15) is 37.1 Å². The first-order valence-corrected chi connectivity index (χ1v) is 8.67. The third-order valence-corrected chi connectivity index (χ3v) is 4.67. The number of nitrogens with zero attached hydrogens (tertiary/aromatic N) is 5. The molecule has 3 aromatic heterocycles. The highest BCUT2D eigenvalue weighted by atomic mass is 15.3. The van der Waals surface area contributed by atoms with Crippen LogP contribution in [0.2, 0.25) is 0 Å². The molecule has 1 aliphatic rings. The lowest BCUT2D eigenvalue weighted by molar-refractivity contribution is 0.471. The van der Waals surface area contributed by atoms with Crippen LogP contribution >= 0.6 is 0 Å². The summed E-state index contributed by atoms with van der Waals surface area (Å²) in [7, 11) is 0. The number of hydrogen-bond acceptors (Lipinski definition) is 6. The van der Waals surface area contributed by atoms with Crippen molar-refractivity contribution in [2.45, 2.75) is 25.8 Å². The summed E-state index contributed by atoms with van der Waals surface area (Å²) in [5.74, 6) is 1.56. The predicted octanol–water partition coefficient (Wildman–Crippen LogP) is 1.98. The first kappa shape index (κ1) is 15.8. The molecule has 25 heavy (non-hydrogen) atoms. The highest BCUT2D eigenvalue weighted by Crippen LogP contribution is 2.26. The number of piperazine rings is 1. The molecule has 0 bridgehead atoms. The van der Waals surface area contributed by atoms with E-state index >= 15 is 0 Å². The first-order chi connectivity index (χ1) is 12.1. The molecule has 7 nitrogen and oxygen atoms in total. The van der Waals surface area contributed by atoms with Crippen molar-refractivity contribution in [2.24, 2.45) is 0 Å². The van der Waals surface area contributed by atoms with Gasteiger partial charge in [-0.1, -0.05) is 19.9 Å². The van der Waals surface area contributed by atoms with Gasteiger partial charge in [-0.25, -0.2) is 9.50 Å². The van der Waals surface area contributed by atoms with Gasteiger partial charge in [0.05, 0.1) is 23.4 Å². The molecule has 0 radical (unpaired) electrons. The van der Waals surface area contributed by atoms with Gasteiger partial charge < -0.3 is 16.0 Å². The summed E-state index contributed by atoms with van der Waals surface area (Å²) >= 11 is 0. The summed E-state index contributed by atoms with van der Waals surface area (Å²) in [5.41, 5.74) is 9.25. The van der Waals surface area contributed by atoms with Crippen LogP contribution in [0.15, 0.2) is 36.7 Å². The summed E-state index contributed by atoms with van der Waals surface area (Å²) in [4.78, 5) is 11.1. The van der Waals surface area contributed by atoms with Gasteiger partial charge in [0.15, 0.2) is 0 Å². The Bertz CT molecular complexity index is 886. The zero-order valence-electron chi connectivity index (χ0n) is 14.6. The lowest BCUT2D eigenvalue weighted by Gasteiger charge is -2.34. The third kappa shape index (κ3) is 3.02. The van der Waals surface area contributed by atoms with E-state index in [0.717, 1.165) is 36.7 Å². The van der Waals surface area contributed by atoms with E-state index in [1.807, 2.05) is 29.0 Å². The minimum Gasteiger partial charge on any atom is -0.368 e. The second kappa shape index (κ2) is 6.33. The van der Waals surface area contributed by atoms with Crippen LogP contribution in [0, 0.1) is 0 Å². The Balaban J connectivity index is 1.63. The van der Waals surface area contributed by atoms with Crippen molar-refractivity contribution in [3.63, 3.8) is 0 Å². The molecule has 0 aliphatic carbocycles.